The molecule has 0 spiro atoms. The molecule has 2 nitrogen and oxygen atoms in total. The lowest BCUT2D eigenvalue weighted by atomic mass is 10.1. The minimum atomic E-state index is 0.229. The van der Waals surface area contributed by atoms with Crippen LogP contribution in [0, 0.1) is 0 Å². The van der Waals surface area contributed by atoms with Crippen molar-refractivity contribution in [2.75, 3.05) is 0 Å². The molecule has 0 unspecified atom stereocenters. The summed E-state index contributed by atoms with van der Waals surface area (Å²) in [7, 11) is 0. The van der Waals surface area contributed by atoms with Crippen LogP contribution in [0.15, 0.2) is 18.3 Å². The van der Waals surface area contributed by atoms with Crippen LogP contribution >= 0.6 is 0 Å². The summed E-state index contributed by atoms with van der Waals surface area (Å²) in [6, 6.07) is 4.01. The van der Waals surface area contributed by atoms with Gasteiger partial charge in [0.15, 0.2) is 0 Å². The van der Waals surface area contributed by atoms with Crippen molar-refractivity contribution in [1.82, 2.24) is 4.98 Å². The molecule has 13 heavy (non-hydrogen) atoms. The van der Waals surface area contributed by atoms with Crippen molar-refractivity contribution in [2.45, 2.75) is 33.1 Å². The van der Waals surface area contributed by atoms with Crippen molar-refractivity contribution >= 4 is 5.78 Å². The summed E-state index contributed by atoms with van der Waals surface area (Å²) >= 11 is 0. The molecule has 0 aliphatic heterocycles. The van der Waals surface area contributed by atoms with Gasteiger partial charge in [-0.3, -0.25) is 4.98 Å². The van der Waals surface area contributed by atoms with Gasteiger partial charge < -0.3 is 4.79 Å². The van der Waals surface area contributed by atoms with Gasteiger partial charge in [-0.2, -0.15) is 0 Å². The maximum absolute atomic E-state index is 10.8. The Bertz CT molecular complexity index is 294. The van der Waals surface area contributed by atoms with Crippen LogP contribution in [0.3, 0.4) is 0 Å². The molecule has 0 bridgehead atoms. The molecule has 1 heterocycles. The molecule has 1 aromatic heterocycles. The van der Waals surface area contributed by atoms with Gasteiger partial charge >= 0.3 is 0 Å². The van der Waals surface area contributed by atoms with E-state index >= 15 is 0 Å². The number of Topliss-reactive ketones (excluding diaryl/α,β-unsaturated/α-hetero) is 1. The van der Waals surface area contributed by atoms with Gasteiger partial charge in [0.25, 0.3) is 0 Å². The zero-order chi connectivity index (χ0) is 9.68. The summed E-state index contributed by atoms with van der Waals surface area (Å²) in [6.45, 7) is 3.73. The second kappa shape index (κ2) is 4.75. The number of pyridine rings is 1. The molecule has 0 amide bonds. The number of ketones is 1. The number of rotatable bonds is 4. The van der Waals surface area contributed by atoms with E-state index in [9.17, 15) is 4.79 Å². The van der Waals surface area contributed by atoms with E-state index in [4.69, 9.17) is 0 Å². The molecular weight excluding hydrogens is 162 g/mol. The van der Waals surface area contributed by atoms with Crippen LogP contribution in [-0.4, -0.2) is 10.8 Å². The number of nitrogens with zero attached hydrogens (tertiary/aromatic N) is 1. The Morgan fingerprint density at radius 1 is 1.54 bits per heavy atom. The predicted octanol–water partition coefficient (Wildman–Crippen LogP) is 2.17. The van der Waals surface area contributed by atoms with Crippen LogP contribution in [0.4, 0.5) is 0 Å². The molecular formula is C11H15NO. The van der Waals surface area contributed by atoms with E-state index in [1.807, 2.05) is 6.07 Å². The standard InChI is InChI=1S/C11H15NO/c1-3-10-5-4-8-12-11(10)7-6-9(2)13/h4-5,8H,3,6-7H2,1-2H3. The number of carbonyl (C=O) groups excluding carboxylic acids is 1. The minimum absolute atomic E-state index is 0.229. The third-order valence-corrected chi connectivity index (χ3v) is 2.08. The van der Waals surface area contributed by atoms with Crippen LogP contribution in [-0.2, 0) is 17.6 Å². The highest BCUT2D eigenvalue weighted by molar-refractivity contribution is 5.75. The normalized spacial score (nSPS) is 10.0. The van der Waals surface area contributed by atoms with Gasteiger partial charge in [-0.25, -0.2) is 0 Å². The fourth-order valence-electron chi connectivity index (χ4n) is 1.31. The fourth-order valence-corrected chi connectivity index (χ4v) is 1.31. The topological polar surface area (TPSA) is 30.0 Å². The summed E-state index contributed by atoms with van der Waals surface area (Å²) in [5.74, 6) is 0.229. The van der Waals surface area contributed by atoms with Crippen molar-refractivity contribution in [2.24, 2.45) is 0 Å². The summed E-state index contributed by atoms with van der Waals surface area (Å²) < 4.78 is 0. The molecule has 0 aliphatic carbocycles. The Balaban J connectivity index is 2.69. The van der Waals surface area contributed by atoms with Crippen molar-refractivity contribution < 1.29 is 4.79 Å². The maximum Gasteiger partial charge on any atom is 0.130 e. The Kier molecular flexibility index (Phi) is 3.62. The van der Waals surface area contributed by atoms with Crippen molar-refractivity contribution in [3.63, 3.8) is 0 Å². The summed E-state index contributed by atoms with van der Waals surface area (Å²) in [5, 5.41) is 0. The molecule has 0 aromatic carbocycles. The van der Waals surface area contributed by atoms with Crippen LogP contribution in [0.25, 0.3) is 0 Å². The number of carbonyl (C=O) groups is 1. The highest BCUT2D eigenvalue weighted by Crippen LogP contribution is 2.08. The molecule has 1 rings (SSSR count). The van der Waals surface area contributed by atoms with E-state index in [-0.39, 0.29) is 5.78 Å². The highest BCUT2D eigenvalue weighted by Gasteiger charge is 2.02. The molecule has 1 aromatic rings. The van der Waals surface area contributed by atoms with E-state index in [1.54, 1.807) is 13.1 Å². The average Bonchev–Trinajstić information content (AvgIpc) is 2.15. The van der Waals surface area contributed by atoms with Gasteiger partial charge in [-0.05, 0) is 31.4 Å². The lowest BCUT2D eigenvalue weighted by molar-refractivity contribution is -0.116. The second-order valence-electron chi connectivity index (χ2n) is 3.16. The first-order valence-electron chi connectivity index (χ1n) is 4.66. The molecule has 70 valence electrons. The molecule has 0 saturated heterocycles. The van der Waals surface area contributed by atoms with E-state index in [2.05, 4.69) is 18.0 Å². The quantitative estimate of drug-likeness (QED) is 0.705. The zero-order valence-electron chi connectivity index (χ0n) is 8.21. The number of hydrogen-bond acceptors (Lipinski definition) is 2. The van der Waals surface area contributed by atoms with Gasteiger partial charge in [0.05, 0.1) is 0 Å². The molecule has 0 atom stereocenters. The zero-order valence-corrected chi connectivity index (χ0v) is 8.21. The number of aryl methyl sites for hydroxylation is 2. The van der Waals surface area contributed by atoms with Gasteiger partial charge in [0, 0.05) is 18.3 Å². The first-order chi connectivity index (χ1) is 6.24. The molecule has 0 radical (unpaired) electrons. The van der Waals surface area contributed by atoms with Gasteiger partial charge in [-0.15, -0.1) is 0 Å². The van der Waals surface area contributed by atoms with Crippen LogP contribution in [0.2, 0.25) is 0 Å². The van der Waals surface area contributed by atoms with Gasteiger partial charge in [0.1, 0.15) is 5.78 Å². The Morgan fingerprint density at radius 3 is 2.92 bits per heavy atom. The molecule has 0 fully saturated rings. The SMILES string of the molecule is CCc1cccnc1CCC(C)=O. The first-order valence-corrected chi connectivity index (χ1v) is 4.66. The van der Waals surface area contributed by atoms with Crippen LogP contribution < -0.4 is 0 Å². The molecule has 0 N–H and O–H groups in total. The van der Waals surface area contributed by atoms with E-state index in [0.717, 1.165) is 18.5 Å². The third-order valence-electron chi connectivity index (χ3n) is 2.08. The lowest BCUT2D eigenvalue weighted by Crippen LogP contribution is -2.00. The molecule has 0 saturated carbocycles. The van der Waals surface area contributed by atoms with E-state index < -0.39 is 0 Å². The second-order valence-corrected chi connectivity index (χ2v) is 3.16. The van der Waals surface area contributed by atoms with Gasteiger partial charge in [0.2, 0.25) is 0 Å². The number of aromatic nitrogens is 1. The van der Waals surface area contributed by atoms with Crippen LogP contribution in [0.1, 0.15) is 31.5 Å². The third kappa shape index (κ3) is 2.98. The lowest BCUT2D eigenvalue weighted by Gasteiger charge is -2.04. The minimum Gasteiger partial charge on any atom is -0.300 e. The first kappa shape index (κ1) is 9.90. The average molecular weight is 177 g/mol. The summed E-state index contributed by atoms with van der Waals surface area (Å²) in [4.78, 5) is 15.1. The monoisotopic (exact) mass is 177 g/mol. The van der Waals surface area contributed by atoms with E-state index in [1.165, 1.54) is 5.56 Å². The number of hydrogen-bond donors (Lipinski definition) is 0. The molecule has 2 heteroatoms. The summed E-state index contributed by atoms with van der Waals surface area (Å²) in [5.41, 5.74) is 2.32. The highest BCUT2D eigenvalue weighted by atomic mass is 16.1. The Labute approximate surface area is 79.0 Å². The Morgan fingerprint density at radius 2 is 2.31 bits per heavy atom. The molecule has 0 aliphatic rings. The maximum atomic E-state index is 10.8. The van der Waals surface area contributed by atoms with Crippen LogP contribution in [0.5, 0.6) is 0 Å². The van der Waals surface area contributed by atoms with Crippen molar-refractivity contribution in [1.29, 1.82) is 0 Å². The van der Waals surface area contributed by atoms with Crippen molar-refractivity contribution in [3.05, 3.63) is 29.6 Å². The predicted molar refractivity (Wildman–Crippen MR) is 52.6 cm³/mol. The summed E-state index contributed by atoms with van der Waals surface area (Å²) in [6.07, 6.45) is 4.15. The fraction of sp³-hybridized carbons (Fsp3) is 0.455. The van der Waals surface area contributed by atoms with E-state index in [0.29, 0.717) is 6.42 Å². The Hall–Kier alpha value is -1.18. The largest absolute Gasteiger partial charge is 0.300 e. The smallest absolute Gasteiger partial charge is 0.130 e. The van der Waals surface area contributed by atoms with Crippen molar-refractivity contribution in [3.8, 4) is 0 Å². The van der Waals surface area contributed by atoms with Gasteiger partial charge in [-0.1, -0.05) is 13.0 Å².